The van der Waals surface area contributed by atoms with Crippen LogP contribution in [0, 0.1) is 0 Å². The minimum atomic E-state index is -0.244. The van der Waals surface area contributed by atoms with E-state index in [1.807, 2.05) is 25.4 Å². The van der Waals surface area contributed by atoms with E-state index in [4.69, 9.17) is 4.52 Å². The Morgan fingerprint density at radius 1 is 1.46 bits per heavy atom. The standard InChI is InChI=1S/C17H17N5O2/c1-22-10-13(9-20-22)16-12(3-2-6-18-16)8-19-17(23)14-7-15(24-21-14)11-4-5-11/h2-3,6-7,9-11H,4-5,8H2,1H3,(H,19,23). The van der Waals surface area contributed by atoms with E-state index in [-0.39, 0.29) is 5.91 Å². The fourth-order valence-corrected chi connectivity index (χ4v) is 2.61. The number of hydrogen-bond donors (Lipinski definition) is 1. The highest BCUT2D eigenvalue weighted by atomic mass is 16.5. The summed E-state index contributed by atoms with van der Waals surface area (Å²) < 4.78 is 6.95. The number of pyridine rings is 1. The highest BCUT2D eigenvalue weighted by Gasteiger charge is 2.28. The molecule has 1 aliphatic rings. The SMILES string of the molecule is Cn1cc(-c2ncccc2CNC(=O)c2cc(C3CC3)on2)cn1. The zero-order valence-electron chi connectivity index (χ0n) is 13.3. The number of amides is 1. The van der Waals surface area contributed by atoms with Crippen molar-refractivity contribution in [2.24, 2.45) is 7.05 Å². The van der Waals surface area contributed by atoms with Gasteiger partial charge in [-0.2, -0.15) is 5.10 Å². The molecule has 0 aromatic carbocycles. The average Bonchev–Trinajstić information content (AvgIpc) is 3.16. The highest BCUT2D eigenvalue weighted by Crippen LogP contribution is 2.40. The van der Waals surface area contributed by atoms with Gasteiger partial charge in [0.25, 0.3) is 5.91 Å². The second-order valence-electron chi connectivity index (χ2n) is 5.99. The molecule has 7 nitrogen and oxygen atoms in total. The lowest BCUT2D eigenvalue weighted by atomic mass is 10.1. The maximum Gasteiger partial charge on any atom is 0.273 e. The maximum atomic E-state index is 12.3. The molecule has 1 N–H and O–H groups in total. The normalized spacial score (nSPS) is 13.9. The molecule has 4 rings (SSSR count). The molecule has 0 spiro atoms. The highest BCUT2D eigenvalue weighted by molar-refractivity contribution is 5.92. The minimum absolute atomic E-state index is 0.244. The van der Waals surface area contributed by atoms with Crippen molar-refractivity contribution in [3.63, 3.8) is 0 Å². The first kappa shape index (κ1) is 14.6. The molecule has 3 aromatic rings. The van der Waals surface area contributed by atoms with Gasteiger partial charge in [-0.15, -0.1) is 0 Å². The summed E-state index contributed by atoms with van der Waals surface area (Å²) in [5.41, 5.74) is 2.97. The Morgan fingerprint density at radius 2 is 2.33 bits per heavy atom. The third-order valence-electron chi connectivity index (χ3n) is 4.05. The van der Waals surface area contributed by atoms with E-state index in [0.717, 1.165) is 35.4 Å². The topological polar surface area (TPSA) is 85.8 Å². The van der Waals surface area contributed by atoms with Gasteiger partial charge in [0.2, 0.25) is 0 Å². The van der Waals surface area contributed by atoms with Gasteiger partial charge < -0.3 is 9.84 Å². The second-order valence-corrected chi connectivity index (χ2v) is 5.99. The molecule has 1 fully saturated rings. The summed E-state index contributed by atoms with van der Waals surface area (Å²) in [5, 5.41) is 10.9. The van der Waals surface area contributed by atoms with Gasteiger partial charge in [-0.3, -0.25) is 14.5 Å². The van der Waals surface area contributed by atoms with Crippen LogP contribution in [0.1, 0.15) is 40.6 Å². The Morgan fingerprint density at radius 3 is 3.08 bits per heavy atom. The number of hydrogen-bond acceptors (Lipinski definition) is 5. The molecule has 1 aliphatic carbocycles. The fraction of sp³-hybridized carbons (Fsp3) is 0.294. The molecule has 122 valence electrons. The predicted molar refractivity (Wildman–Crippen MR) is 86.1 cm³/mol. The first-order valence-electron chi connectivity index (χ1n) is 7.88. The van der Waals surface area contributed by atoms with Crippen molar-refractivity contribution >= 4 is 5.91 Å². The van der Waals surface area contributed by atoms with E-state index in [1.165, 1.54) is 0 Å². The van der Waals surface area contributed by atoms with Crippen LogP contribution in [0.2, 0.25) is 0 Å². The number of aryl methyl sites for hydroxylation is 1. The maximum absolute atomic E-state index is 12.3. The van der Waals surface area contributed by atoms with Crippen LogP contribution < -0.4 is 5.32 Å². The van der Waals surface area contributed by atoms with Gasteiger partial charge in [0, 0.05) is 43.5 Å². The Balaban J connectivity index is 1.48. The van der Waals surface area contributed by atoms with Crippen molar-refractivity contribution in [1.82, 2.24) is 25.2 Å². The Labute approximate surface area is 138 Å². The summed E-state index contributed by atoms with van der Waals surface area (Å²) in [6, 6.07) is 5.52. The number of carbonyl (C=O) groups excluding carboxylic acids is 1. The van der Waals surface area contributed by atoms with Crippen LogP contribution in [-0.2, 0) is 13.6 Å². The van der Waals surface area contributed by atoms with Crippen LogP contribution in [-0.4, -0.2) is 25.8 Å². The van der Waals surface area contributed by atoms with Crippen molar-refractivity contribution < 1.29 is 9.32 Å². The molecular formula is C17H17N5O2. The van der Waals surface area contributed by atoms with E-state index in [2.05, 4.69) is 20.6 Å². The molecule has 0 aliphatic heterocycles. The van der Waals surface area contributed by atoms with Gasteiger partial charge in [-0.1, -0.05) is 11.2 Å². The predicted octanol–water partition coefficient (Wildman–Crippen LogP) is 2.28. The molecule has 3 heterocycles. The molecule has 0 saturated heterocycles. The molecule has 1 saturated carbocycles. The lowest BCUT2D eigenvalue weighted by Crippen LogP contribution is -2.23. The van der Waals surface area contributed by atoms with Crippen LogP contribution >= 0.6 is 0 Å². The molecule has 0 atom stereocenters. The number of carbonyl (C=O) groups is 1. The summed E-state index contributed by atoms with van der Waals surface area (Å²) in [6.07, 6.45) is 7.61. The van der Waals surface area contributed by atoms with E-state index in [9.17, 15) is 4.79 Å². The van der Waals surface area contributed by atoms with Crippen molar-refractivity contribution in [3.8, 4) is 11.3 Å². The largest absolute Gasteiger partial charge is 0.360 e. The smallest absolute Gasteiger partial charge is 0.273 e. The lowest BCUT2D eigenvalue weighted by molar-refractivity contribution is 0.0942. The second kappa shape index (κ2) is 5.92. The molecule has 1 amide bonds. The monoisotopic (exact) mass is 323 g/mol. The van der Waals surface area contributed by atoms with Crippen LogP contribution in [0.5, 0.6) is 0 Å². The van der Waals surface area contributed by atoms with Crippen LogP contribution in [0.25, 0.3) is 11.3 Å². The average molecular weight is 323 g/mol. The van der Waals surface area contributed by atoms with Crippen molar-refractivity contribution in [3.05, 3.63) is 53.8 Å². The first-order valence-corrected chi connectivity index (χ1v) is 7.88. The van der Waals surface area contributed by atoms with E-state index in [1.54, 1.807) is 23.1 Å². The number of nitrogens with zero attached hydrogens (tertiary/aromatic N) is 4. The van der Waals surface area contributed by atoms with E-state index in [0.29, 0.717) is 18.2 Å². The van der Waals surface area contributed by atoms with Crippen LogP contribution in [0.3, 0.4) is 0 Å². The minimum Gasteiger partial charge on any atom is -0.360 e. The summed E-state index contributed by atoms with van der Waals surface area (Å²) >= 11 is 0. The quantitative estimate of drug-likeness (QED) is 0.778. The third-order valence-corrected chi connectivity index (χ3v) is 4.05. The van der Waals surface area contributed by atoms with E-state index >= 15 is 0 Å². The Hall–Kier alpha value is -2.96. The number of aromatic nitrogens is 4. The molecule has 3 aromatic heterocycles. The number of rotatable bonds is 5. The van der Waals surface area contributed by atoms with Gasteiger partial charge in [-0.05, 0) is 24.5 Å². The van der Waals surface area contributed by atoms with E-state index < -0.39 is 0 Å². The number of nitrogens with one attached hydrogen (secondary N) is 1. The van der Waals surface area contributed by atoms with Gasteiger partial charge in [0.1, 0.15) is 5.76 Å². The molecule has 0 bridgehead atoms. The van der Waals surface area contributed by atoms with Crippen LogP contribution in [0.4, 0.5) is 0 Å². The van der Waals surface area contributed by atoms with Crippen molar-refractivity contribution in [2.75, 3.05) is 0 Å². The van der Waals surface area contributed by atoms with Gasteiger partial charge in [0.15, 0.2) is 5.69 Å². The molecule has 0 radical (unpaired) electrons. The molecular weight excluding hydrogens is 306 g/mol. The van der Waals surface area contributed by atoms with Gasteiger partial charge in [-0.25, -0.2) is 0 Å². The lowest BCUT2D eigenvalue weighted by Gasteiger charge is -2.07. The third kappa shape index (κ3) is 2.92. The first-order chi connectivity index (χ1) is 11.7. The van der Waals surface area contributed by atoms with Gasteiger partial charge in [0.05, 0.1) is 11.9 Å². The zero-order valence-corrected chi connectivity index (χ0v) is 13.3. The van der Waals surface area contributed by atoms with Gasteiger partial charge >= 0.3 is 0 Å². The zero-order chi connectivity index (χ0) is 16.5. The van der Waals surface area contributed by atoms with Crippen molar-refractivity contribution in [1.29, 1.82) is 0 Å². The Kier molecular flexibility index (Phi) is 3.60. The summed E-state index contributed by atoms with van der Waals surface area (Å²) in [5.74, 6) is 0.999. The summed E-state index contributed by atoms with van der Waals surface area (Å²) in [4.78, 5) is 16.7. The fourth-order valence-electron chi connectivity index (χ4n) is 2.61. The molecule has 0 unspecified atom stereocenters. The van der Waals surface area contributed by atoms with Crippen LogP contribution in [0.15, 0.2) is 41.3 Å². The Bertz CT molecular complexity index is 879. The van der Waals surface area contributed by atoms with Crippen molar-refractivity contribution in [2.45, 2.75) is 25.3 Å². The summed E-state index contributed by atoms with van der Waals surface area (Å²) in [6.45, 7) is 0.364. The molecule has 24 heavy (non-hydrogen) atoms. The molecule has 7 heteroatoms. The summed E-state index contributed by atoms with van der Waals surface area (Å²) in [7, 11) is 1.86.